The second kappa shape index (κ2) is 3.68. The first-order chi connectivity index (χ1) is 7.74. The molecule has 0 amide bonds. The Bertz CT molecular complexity index is 415. The van der Waals surface area contributed by atoms with E-state index in [4.69, 9.17) is 15.0 Å². The summed E-state index contributed by atoms with van der Waals surface area (Å²) in [4.78, 5) is 3.57. The molecule has 0 atom stereocenters. The largest absolute Gasteiger partial charge is 0.501 e. The van der Waals surface area contributed by atoms with E-state index in [0.717, 1.165) is 0 Å². The third-order valence-electron chi connectivity index (χ3n) is 3.46. The molecule has 1 aromatic rings. The van der Waals surface area contributed by atoms with Crippen LogP contribution in [0, 0.1) is 5.95 Å². The van der Waals surface area contributed by atoms with Crippen molar-refractivity contribution in [2.24, 2.45) is 0 Å². The number of rotatable bonds is 1. The molecular formula is C11H16BFN2O2. The fourth-order valence-corrected chi connectivity index (χ4v) is 1.66. The SMILES string of the molecule is CC1(C)OB(c2c(N)ccnc2F)OC1(C)C. The molecule has 2 rings (SSSR count). The minimum Gasteiger partial charge on any atom is -0.399 e. The van der Waals surface area contributed by atoms with Gasteiger partial charge in [0.15, 0.2) is 0 Å². The van der Waals surface area contributed by atoms with Gasteiger partial charge in [0.1, 0.15) is 0 Å². The van der Waals surface area contributed by atoms with E-state index in [-0.39, 0.29) is 11.2 Å². The maximum atomic E-state index is 13.7. The quantitative estimate of drug-likeness (QED) is 0.588. The van der Waals surface area contributed by atoms with Crippen molar-refractivity contribution in [3.63, 3.8) is 0 Å². The summed E-state index contributed by atoms with van der Waals surface area (Å²) >= 11 is 0. The average Bonchev–Trinajstić information content (AvgIpc) is 2.35. The second-order valence-corrected chi connectivity index (χ2v) is 5.19. The number of nitrogens with zero attached hydrogens (tertiary/aromatic N) is 1. The Balaban J connectivity index is 2.39. The molecule has 2 N–H and O–H groups in total. The number of nitrogens with two attached hydrogens (primary N) is 1. The Morgan fingerprint density at radius 2 is 1.76 bits per heavy atom. The summed E-state index contributed by atoms with van der Waals surface area (Å²) < 4.78 is 25.1. The van der Waals surface area contributed by atoms with Crippen LogP contribution in [0.1, 0.15) is 27.7 Å². The summed E-state index contributed by atoms with van der Waals surface area (Å²) in [6, 6.07) is 1.53. The van der Waals surface area contributed by atoms with Crippen LogP contribution in [0.15, 0.2) is 12.3 Å². The van der Waals surface area contributed by atoms with Gasteiger partial charge in [0.05, 0.1) is 16.7 Å². The molecule has 17 heavy (non-hydrogen) atoms. The van der Waals surface area contributed by atoms with Crippen LogP contribution in [0.25, 0.3) is 0 Å². The van der Waals surface area contributed by atoms with Gasteiger partial charge in [0.2, 0.25) is 5.95 Å². The van der Waals surface area contributed by atoms with Gasteiger partial charge in [-0.25, -0.2) is 4.98 Å². The lowest BCUT2D eigenvalue weighted by Crippen LogP contribution is -2.41. The molecule has 0 radical (unpaired) electrons. The highest BCUT2D eigenvalue weighted by atomic mass is 19.1. The van der Waals surface area contributed by atoms with Gasteiger partial charge in [-0.1, -0.05) is 0 Å². The van der Waals surface area contributed by atoms with Crippen molar-refractivity contribution in [1.29, 1.82) is 0 Å². The van der Waals surface area contributed by atoms with Crippen LogP contribution < -0.4 is 11.2 Å². The second-order valence-electron chi connectivity index (χ2n) is 5.19. The van der Waals surface area contributed by atoms with E-state index in [0.29, 0.717) is 0 Å². The van der Waals surface area contributed by atoms with E-state index in [2.05, 4.69) is 4.98 Å². The summed E-state index contributed by atoms with van der Waals surface area (Å²) in [6.45, 7) is 7.60. The summed E-state index contributed by atoms with van der Waals surface area (Å²) in [5.41, 5.74) is 5.16. The first-order valence-corrected chi connectivity index (χ1v) is 5.50. The van der Waals surface area contributed by atoms with Crippen LogP contribution in [0.4, 0.5) is 10.1 Å². The Morgan fingerprint density at radius 1 is 1.24 bits per heavy atom. The van der Waals surface area contributed by atoms with E-state index in [1.165, 1.54) is 12.3 Å². The third kappa shape index (κ3) is 1.91. The molecule has 1 aromatic heterocycles. The van der Waals surface area contributed by atoms with Gasteiger partial charge >= 0.3 is 7.12 Å². The lowest BCUT2D eigenvalue weighted by molar-refractivity contribution is 0.00578. The Hall–Kier alpha value is -1.14. The Labute approximate surface area is 100 Å². The van der Waals surface area contributed by atoms with Gasteiger partial charge < -0.3 is 15.0 Å². The van der Waals surface area contributed by atoms with Crippen LogP contribution in [0.5, 0.6) is 0 Å². The van der Waals surface area contributed by atoms with Crippen LogP contribution >= 0.6 is 0 Å². The standard InChI is InChI=1S/C11H16BFN2O2/c1-10(2)11(3,4)17-12(16-10)8-7(14)5-6-15-9(8)13/h5-6H,1-4H3,(H2,14,15). The molecule has 0 aromatic carbocycles. The van der Waals surface area contributed by atoms with Gasteiger partial charge in [-0.05, 0) is 33.8 Å². The van der Waals surface area contributed by atoms with Crippen LogP contribution in [0.2, 0.25) is 0 Å². The van der Waals surface area contributed by atoms with Gasteiger partial charge in [-0.15, -0.1) is 0 Å². The van der Waals surface area contributed by atoms with Gasteiger partial charge in [0.25, 0.3) is 0 Å². The molecule has 0 spiro atoms. The lowest BCUT2D eigenvalue weighted by Gasteiger charge is -2.32. The van der Waals surface area contributed by atoms with E-state index in [9.17, 15) is 4.39 Å². The number of halogens is 1. The van der Waals surface area contributed by atoms with Crippen molar-refractivity contribution < 1.29 is 13.7 Å². The van der Waals surface area contributed by atoms with Crippen molar-refractivity contribution in [3.8, 4) is 0 Å². The molecule has 1 aliphatic heterocycles. The van der Waals surface area contributed by atoms with Gasteiger partial charge in [0, 0.05) is 11.9 Å². The summed E-state index contributed by atoms with van der Waals surface area (Å²) in [7, 11) is -0.811. The molecular weight excluding hydrogens is 222 g/mol. The van der Waals surface area contributed by atoms with E-state index in [1.54, 1.807) is 0 Å². The fraction of sp³-hybridized carbons (Fsp3) is 0.545. The van der Waals surface area contributed by atoms with Gasteiger partial charge in [-0.3, -0.25) is 0 Å². The van der Waals surface area contributed by atoms with E-state index >= 15 is 0 Å². The van der Waals surface area contributed by atoms with Crippen LogP contribution in [0.3, 0.4) is 0 Å². The average molecular weight is 238 g/mol. The molecule has 1 fully saturated rings. The normalized spacial score (nSPS) is 21.8. The van der Waals surface area contributed by atoms with Gasteiger partial charge in [-0.2, -0.15) is 4.39 Å². The number of anilines is 1. The topological polar surface area (TPSA) is 57.4 Å². The first kappa shape index (κ1) is 12.3. The maximum absolute atomic E-state index is 13.7. The molecule has 92 valence electrons. The predicted octanol–water partition coefficient (Wildman–Crippen LogP) is 1.10. The van der Waals surface area contributed by atoms with E-state index < -0.39 is 24.3 Å². The zero-order chi connectivity index (χ0) is 12.8. The monoisotopic (exact) mass is 238 g/mol. The highest BCUT2D eigenvalue weighted by molar-refractivity contribution is 6.63. The maximum Gasteiger partial charge on any atom is 0.501 e. The van der Waals surface area contributed by atoms with Crippen LogP contribution in [-0.2, 0) is 9.31 Å². The summed E-state index contributed by atoms with van der Waals surface area (Å²) in [5.74, 6) is -0.650. The zero-order valence-corrected chi connectivity index (χ0v) is 10.5. The number of aromatic nitrogens is 1. The van der Waals surface area contributed by atoms with Crippen molar-refractivity contribution in [2.45, 2.75) is 38.9 Å². The summed E-state index contributed by atoms with van der Waals surface area (Å²) in [5, 5.41) is 0. The minimum atomic E-state index is -0.811. The van der Waals surface area contributed by atoms with Crippen molar-refractivity contribution in [2.75, 3.05) is 5.73 Å². The minimum absolute atomic E-state index is 0.172. The fourth-order valence-electron chi connectivity index (χ4n) is 1.66. The number of hydrogen-bond acceptors (Lipinski definition) is 4. The molecule has 0 bridgehead atoms. The highest BCUT2D eigenvalue weighted by Crippen LogP contribution is 2.36. The molecule has 4 nitrogen and oxygen atoms in total. The Morgan fingerprint density at radius 3 is 2.24 bits per heavy atom. The first-order valence-electron chi connectivity index (χ1n) is 5.50. The van der Waals surface area contributed by atoms with Crippen LogP contribution in [-0.4, -0.2) is 23.3 Å². The molecule has 0 saturated carbocycles. The predicted molar refractivity (Wildman–Crippen MR) is 64.3 cm³/mol. The smallest absolute Gasteiger partial charge is 0.399 e. The highest BCUT2D eigenvalue weighted by Gasteiger charge is 2.53. The molecule has 0 unspecified atom stereocenters. The number of nitrogen functional groups attached to an aromatic ring is 1. The third-order valence-corrected chi connectivity index (χ3v) is 3.46. The van der Waals surface area contributed by atoms with E-state index in [1.807, 2.05) is 27.7 Å². The number of hydrogen-bond donors (Lipinski definition) is 1. The number of pyridine rings is 1. The summed E-state index contributed by atoms with van der Waals surface area (Å²) in [6.07, 6.45) is 1.32. The Kier molecular flexibility index (Phi) is 2.67. The van der Waals surface area contributed by atoms with Crippen molar-refractivity contribution in [1.82, 2.24) is 4.98 Å². The zero-order valence-electron chi connectivity index (χ0n) is 10.5. The molecule has 2 heterocycles. The molecule has 1 saturated heterocycles. The molecule has 1 aliphatic rings. The lowest BCUT2D eigenvalue weighted by atomic mass is 9.79. The molecule has 0 aliphatic carbocycles. The van der Waals surface area contributed by atoms with Crippen molar-refractivity contribution in [3.05, 3.63) is 18.2 Å². The molecule has 6 heteroatoms. The van der Waals surface area contributed by atoms with Crippen molar-refractivity contribution >= 4 is 18.3 Å².